The van der Waals surface area contributed by atoms with Crippen molar-refractivity contribution >= 4 is 29.3 Å². The zero-order chi connectivity index (χ0) is 19.9. The molecule has 6 nitrogen and oxygen atoms in total. The van der Waals surface area contributed by atoms with Gasteiger partial charge in [0.05, 0.1) is 18.6 Å². The van der Waals surface area contributed by atoms with Gasteiger partial charge in [0.2, 0.25) is 5.91 Å². The molecule has 3 rings (SSSR count). The minimum Gasteiger partial charge on any atom is -0.497 e. The first kappa shape index (κ1) is 20.0. The van der Waals surface area contributed by atoms with Crippen LogP contribution in [0.5, 0.6) is 5.75 Å². The molecule has 2 aromatic carbocycles. The first-order valence-corrected chi connectivity index (χ1v) is 9.80. The van der Waals surface area contributed by atoms with E-state index < -0.39 is 0 Å². The number of nitrogens with zero attached hydrogens (tertiary/aromatic N) is 2. The van der Waals surface area contributed by atoms with Gasteiger partial charge in [0, 0.05) is 30.0 Å². The van der Waals surface area contributed by atoms with Crippen LogP contribution in [-0.2, 0) is 11.3 Å². The molecule has 0 fully saturated rings. The Morgan fingerprint density at radius 1 is 1.25 bits per heavy atom. The molecule has 28 heavy (non-hydrogen) atoms. The van der Waals surface area contributed by atoms with Crippen LogP contribution in [0.25, 0.3) is 5.69 Å². The standard InChI is InChI=1S/C20H18ClN3O3S/c1-27-16-7-4-6-15(11-16)24-10-9-22-19(20(24)26)28-13-18(25)23-12-14-5-2-3-8-17(14)21/h2-11H,12-13H2,1H3,(H,23,25). The second-order valence-electron chi connectivity index (χ2n) is 5.77. The fraction of sp³-hybridized carbons (Fsp3) is 0.150. The van der Waals surface area contributed by atoms with Crippen LogP contribution in [0.2, 0.25) is 5.02 Å². The molecule has 0 unspecified atom stereocenters. The Bertz CT molecular complexity index is 1040. The lowest BCUT2D eigenvalue weighted by Gasteiger charge is -2.09. The van der Waals surface area contributed by atoms with Gasteiger partial charge < -0.3 is 10.1 Å². The van der Waals surface area contributed by atoms with Gasteiger partial charge in [-0.2, -0.15) is 0 Å². The maximum absolute atomic E-state index is 12.7. The third-order valence-electron chi connectivity index (χ3n) is 3.91. The van der Waals surface area contributed by atoms with Crippen molar-refractivity contribution in [2.45, 2.75) is 11.6 Å². The summed E-state index contributed by atoms with van der Waals surface area (Å²) in [5.74, 6) is 0.520. The number of hydrogen-bond acceptors (Lipinski definition) is 5. The van der Waals surface area contributed by atoms with Gasteiger partial charge in [-0.3, -0.25) is 14.2 Å². The third kappa shape index (κ3) is 4.94. The lowest BCUT2D eigenvalue weighted by Crippen LogP contribution is -2.26. The summed E-state index contributed by atoms with van der Waals surface area (Å²) >= 11 is 7.17. The zero-order valence-electron chi connectivity index (χ0n) is 15.1. The summed E-state index contributed by atoms with van der Waals surface area (Å²) in [4.78, 5) is 28.9. The molecule has 0 saturated heterocycles. The summed E-state index contributed by atoms with van der Waals surface area (Å²) in [6.45, 7) is 0.329. The number of benzene rings is 2. The van der Waals surface area contributed by atoms with E-state index in [0.29, 0.717) is 23.0 Å². The summed E-state index contributed by atoms with van der Waals surface area (Å²) in [5.41, 5.74) is 1.21. The number of carbonyl (C=O) groups excluding carboxylic acids is 1. The molecule has 1 amide bonds. The zero-order valence-corrected chi connectivity index (χ0v) is 16.7. The average molecular weight is 416 g/mol. The van der Waals surface area contributed by atoms with E-state index in [2.05, 4.69) is 10.3 Å². The Kier molecular flexibility index (Phi) is 6.73. The van der Waals surface area contributed by atoms with E-state index in [4.69, 9.17) is 16.3 Å². The van der Waals surface area contributed by atoms with Gasteiger partial charge in [-0.15, -0.1) is 0 Å². The van der Waals surface area contributed by atoms with Crippen LogP contribution in [0.4, 0.5) is 0 Å². The number of methoxy groups -OCH3 is 1. The number of hydrogen-bond donors (Lipinski definition) is 1. The van der Waals surface area contributed by atoms with Crippen molar-refractivity contribution in [2.24, 2.45) is 0 Å². The maximum atomic E-state index is 12.7. The van der Waals surface area contributed by atoms with Crippen molar-refractivity contribution in [1.82, 2.24) is 14.9 Å². The van der Waals surface area contributed by atoms with Gasteiger partial charge in [0.15, 0.2) is 5.03 Å². The molecule has 0 bridgehead atoms. The Balaban J connectivity index is 1.65. The highest BCUT2D eigenvalue weighted by Crippen LogP contribution is 2.17. The lowest BCUT2D eigenvalue weighted by molar-refractivity contribution is -0.118. The van der Waals surface area contributed by atoms with E-state index in [1.54, 1.807) is 43.6 Å². The monoisotopic (exact) mass is 415 g/mol. The number of carbonyl (C=O) groups is 1. The molecule has 1 aromatic heterocycles. The van der Waals surface area contributed by atoms with Gasteiger partial charge in [-0.1, -0.05) is 47.6 Å². The molecule has 8 heteroatoms. The highest BCUT2D eigenvalue weighted by atomic mass is 35.5. The number of halogens is 1. The molecule has 0 aliphatic rings. The minimum absolute atomic E-state index is 0.0782. The van der Waals surface area contributed by atoms with E-state index in [0.717, 1.165) is 17.3 Å². The van der Waals surface area contributed by atoms with Crippen LogP contribution in [0.15, 0.2) is 70.7 Å². The van der Waals surface area contributed by atoms with E-state index in [1.165, 1.54) is 10.8 Å². The van der Waals surface area contributed by atoms with Crippen molar-refractivity contribution < 1.29 is 9.53 Å². The quantitative estimate of drug-likeness (QED) is 0.599. The van der Waals surface area contributed by atoms with Crippen molar-refractivity contribution in [3.63, 3.8) is 0 Å². The van der Waals surface area contributed by atoms with E-state index in [9.17, 15) is 9.59 Å². The molecule has 0 radical (unpaired) electrons. The predicted molar refractivity (Wildman–Crippen MR) is 110 cm³/mol. The summed E-state index contributed by atoms with van der Waals surface area (Å²) < 4.78 is 6.67. The first-order valence-electron chi connectivity index (χ1n) is 8.43. The molecule has 0 saturated carbocycles. The molecule has 0 aliphatic heterocycles. The van der Waals surface area contributed by atoms with Crippen LogP contribution in [-0.4, -0.2) is 28.3 Å². The van der Waals surface area contributed by atoms with Crippen LogP contribution < -0.4 is 15.6 Å². The molecule has 0 atom stereocenters. The maximum Gasteiger partial charge on any atom is 0.287 e. The van der Waals surface area contributed by atoms with Gasteiger partial charge >= 0.3 is 0 Å². The second kappa shape index (κ2) is 9.43. The Morgan fingerprint density at radius 2 is 2.07 bits per heavy atom. The van der Waals surface area contributed by atoms with Crippen molar-refractivity contribution in [3.05, 3.63) is 81.9 Å². The first-order chi connectivity index (χ1) is 13.6. The van der Waals surface area contributed by atoms with Gasteiger partial charge in [-0.05, 0) is 23.8 Å². The fourth-order valence-electron chi connectivity index (χ4n) is 2.48. The average Bonchev–Trinajstić information content (AvgIpc) is 2.72. The smallest absolute Gasteiger partial charge is 0.287 e. The molecule has 0 spiro atoms. The third-order valence-corrected chi connectivity index (χ3v) is 5.24. The van der Waals surface area contributed by atoms with Gasteiger partial charge in [0.1, 0.15) is 5.75 Å². The number of thioether (sulfide) groups is 1. The highest BCUT2D eigenvalue weighted by molar-refractivity contribution is 7.99. The predicted octanol–water partition coefficient (Wildman–Crippen LogP) is 3.30. The number of nitrogens with one attached hydrogen (secondary N) is 1. The van der Waals surface area contributed by atoms with Crippen molar-refractivity contribution in [2.75, 3.05) is 12.9 Å². The topological polar surface area (TPSA) is 73.2 Å². The van der Waals surface area contributed by atoms with Crippen LogP contribution in [0.1, 0.15) is 5.56 Å². The summed E-state index contributed by atoms with van der Waals surface area (Å²) in [6, 6.07) is 14.5. The Hall–Kier alpha value is -2.77. The summed E-state index contributed by atoms with van der Waals surface area (Å²) in [5, 5.41) is 3.64. The molecule has 1 N–H and O–H groups in total. The van der Waals surface area contributed by atoms with Gasteiger partial charge in [0.25, 0.3) is 5.56 Å². The van der Waals surface area contributed by atoms with Crippen LogP contribution in [0.3, 0.4) is 0 Å². The molecular weight excluding hydrogens is 398 g/mol. The van der Waals surface area contributed by atoms with Crippen LogP contribution in [0, 0.1) is 0 Å². The largest absolute Gasteiger partial charge is 0.497 e. The molecule has 3 aromatic rings. The second-order valence-corrected chi connectivity index (χ2v) is 7.14. The Morgan fingerprint density at radius 3 is 2.86 bits per heavy atom. The minimum atomic E-state index is -0.292. The molecule has 144 valence electrons. The fourth-order valence-corrected chi connectivity index (χ4v) is 3.41. The van der Waals surface area contributed by atoms with Gasteiger partial charge in [-0.25, -0.2) is 4.98 Å². The summed E-state index contributed by atoms with van der Waals surface area (Å²) in [7, 11) is 1.57. The summed E-state index contributed by atoms with van der Waals surface area (Å²) in [6.07, 6.45) is 3.11. The van der Waals surface area contributed by atoms with E-state index in [1.807, 2.05) is 18.2 Å². The number of amides is 1. The van der Waals surface area contributed by atoms with Crippen LogP contribution >= 0.6 is 23.4 Å². The number of aromatic nitrogens is 2. The normalized spacial score (nSPS) is 10.5. The van der Waals surface area contributed by atoms with Crippen molar-refractivity contribution in [1.29, 1.82) is 0 Å². The lowest BCUT2D eigenvalue weighted by atomic mass is 10.2. The highest BCUT2D eigenvalue weighted by Gasteiger charge is 2.11. The number of ether oxygens (including phenoxy) is 1. The van der Waals surface area contributed by atoms with Crippen molar-refractivity contribution in [3.8, 4) is 11.4 Å². The molecule has 1 heterocycles. The van der Waals surface area contributed by atoms with E-state index >= 15 is 0 Å². The van der Waals surface area contributed by atoms with E-state index in [-0.39, 0.29) is 22.2 Å². The number of rotatable bonds is 7. The molecular formula is C20H18ClN3O3S. The SMILES string of the molecule is COc1cccc(-n2ccnc(SCC(=O)NCc3ccccc3Cl)c2=O)c1. The Labute approximate surface area is 171 Å². The molecule has 0 aliphatic carbocycles.